The first kappa shape index (κ1) is 15.7. The molecular weight excluding hydrogens is 298 g/mol. The van der Waals surface area contributed by atoms with E-state index in [1.165, 1.54) is 22.6 Å². The SMILES string of the molecule is CCC(C)N1CCN(S(=O)(=O)c2ccc(Cl)nc2)CC1. The second-order valence-corrected chi connectivity index (χ2v) is 7.34. The molecule has 0 aliphatic carbocycles. The smallest absolute Gasteiger partial charge is 0.244 e. The van der Waals surface area contributed by atoms with Crippen molar-refractivity contribution in [2.24, 2.45) is 0 Å². The van der Waals surface area contributed by atoms with Gasteiger partial charge in [-0.1, -0.05) is 18.5 Å². The Balaban J connectivity index is 2.07. The number of halogens is 1. The third-order valence-corrected chi connectivity index (χ3v) is 5.93. The van der Waals surface area contributed by atoms with Gasteiger partial charge in [-0.05, 0) is 25.5 Å². The second kappa shape index (κ2) is 6.39. The van der Waals surface area contributed by atoms with Crippen LogP contribution in [-0.2, 0) is 10.0 Å². The van der Waals surface area contributed by atoms with Crippen LogP contribution >= 0.6 is 11.6 Å². The Labute approximate surface area is 125 Å². The summed E-state index contributed by atoms with van der Waals surface area (Å²) in [5.41, 5.74) is 0. The van der Waals surface area contributed by atoms with E-state index in [1.807, 2.05) is 0 Å². The molecule has 1 unspecified atom stereocenters. The van der Waals surface area contributed by atoms with E-state index in [9.17, 15) is 8.42 Å². The molecule has 0 bridgehead atoms. The number of hydrogen-bond acceptors (Lipinski definition) is 4. The molecular formula is C13H20ClN3O2S. The van der Waals surface area contributed by atoms with E-state index in [-0.39, 0.29) is 4.90 Å². The highest BCUT2D eigenvalue weighted by atomic mass is 35.5. The van der Waals surface area contributed by atoms with Gasteiger partial charge in [0.2, 0.25) is 10.0 Å². The fraction of sp³-hybridized carbons (Fsp3) is 0.615. The van der Waals surface area contributed by atoms with Crippen LogP contribution in [0.3, 0.4) is 0 Å². The van der Waals surface area contributed by atoms with Crippen molar-refractivity contribution in [2.45, 2.75) is 31.2 Å². The average Bonchev–Trinajstić information content (AvgIpc) is 2.47. The molecule has 0 saturated carbocycles. The Morgan fingerprint density at radius 2 is 1.95 bits per heavy atom. The Hall–Kier alpha value is -0.690. The predicted octanol–water partition coefficient (Wildman–Crippen LogP) is 1.84. The summed E-state index contributed by atoms with van der Waals surface area (Å²) in [5.74, 6) is 0. The third-order valence-electron chi connectivity index (χ3n) is 3.83. The van der Waals surface area contributed by atoms with Crippen molar-refractivity contribution >= 4 is 21.6 Å². The number of piperazine rings is 1. The molecule has 0 radical (unpaired) electrons. The molecule has 1 saturated heterocycles. The minimum absolute atomic E-state index is 0.207. The zero-order valence-electron chi connectivity index (χ0n) is 11.8. The van der Waals surface area contributed by atoms with Crippen LogP contribution in [0.25, 0.3) is 0 Å². The van der Waals surface area contributed by atoms with E-state index in [0.29, 0.717) is 24.3 Å². The summed E-state index contributed by atoms with van der Waals surface area (Å²) in [5, 5.41) is 0.297. The molecule has 7 heteroatoms. The predicted molar refractivity (Wildman–Crippen MR) is 79.3 cm³/mol. The Morgan fingerprint density at radius 1 is 1.30 bits per heavy atom. The van der Waals surface area contributed by atoms with Gasteiger partial charge in [0.25, 0.3) is 0 Å². The molecule has 1 aromatic rings. The monoisotopic (exact) mass is 317 g/mol. The first-order valence-corrected chi connectivity index (χ1v) is 8.62. The average molecular weight is 318 g/mol. The van der Waals surface area contributed by atoms with Gasteiger partial charge in [-0.25, -0.2) is 13.4 Å². The molecule has 1 atom stereocenters. The number of sulfonamides is 1. The van der Waals surface area contributed by atoms with E-state index in [1.54, 1.807) is 0 Å². The topological polar surface area (TPSA) is 53.5 Å². The van der Waals surface area contributed by atoms with E-state index >= 15 is 0 Å². The Morgan fingerprint density at radius 3 is 2.45 bits per heavy atom. The number of rotatable bonds is 4. The fourth-order valence-electron chi connectivity index (χ4n) is 2.31. The van der Waals surface area contributed by atoms with Crippen molar-refractivity contribution in [3.8, 4) is 0 Å². The molecule has 0 spiro atoms. The van der Waals surface area contributed by atoms with Gasteiger partial charge in [-0.3, -0.25) is 4.90 Å². The van der Waals surface area contributed by atoms with Gasteiger partial charge in [0.15, 0.2) is 0 Å². The summed E-state index contributed by atoms with van der Waals surface area (Å²) in [6.07, 6.45) is 2.40. The van der Waals surface area contributed by atoms with E-state index in [4.69, 9.17) is 11.6 Å². The quantitative estimate of drug-likeness (QED) is 0.795. The van der Waals surface area contributed by atoms with Gasteiger partial charge in [-0.2, -0.15) is 4.31 Å². The first-order valence-electron chi connectivity index (χ1n) is 6.81. The number of aromatic nitrogens is 1. The maximum Gasteiger partial charge on any atom is 0.244 e. The highest BCUT2D eigenvalue weighted by Gasteiger charge is 2.29. The molecule has 112 valence electrons. The van der Waals surface area contributed by atoms with Gasteiger partial charge in [-0.15, -0.1) is 0 Å². The summed E-state index contributed by atoms with van der Waals surface area (Å²) in [6, 6.07) is 3.51. The zero-order valence-corrected chi connectivity index (χ0v) is 13.4. The Kier molecular flexibility index (Phi) is 5.01. The molecule has 2 heterocycles. The minimum atomic E-state index is -3.45. The number of hydrogen-bond donors (Lipinski definition) is 0. The summed E-state index contributed by atoms with van der Waals surface area (Å²) in [7, 11) is -3.45. The number of pyridine rings is 1. The normalized spacial score (nSPS) is 19.9. The molecule has 1 fully saturated rings. The van der Waals surface area contributed by atoms with Gasteiger partial charge in [0.05, 0.1) is 0 Å². The lowest BCUT2D eigenvalue weighted by atomic mass is 10.2. The van der Waals surface area contributed by atoms with E-state index < -0.39 is 10.0 Å². The summed E-state index contributed by atoms with van der Waals surface area (Å²) in [4.78, 5) is 6.38. The maximum absolute atomic E-state index is 12.5. The van der Waals surface area contributed by atoms with Gasteiger partial charge < -0.3 is 0 Å². The van der Waals surface area contributed by atoms with Crippen molar-refractivity contribution in [2.75, 3.05) is 26.2 Å². The van der Waals surface area contributed by atoms with Gasteiger partial charge in [0.1, 0.15) is 10.0 Å². The standard InChI is InChI=1S/C13H20ClN3O2S/c1-3-11(2)16-6-8-17(9-7-16)20(18,19)12-4-5-13(14)15-10-12/h4-5,10-11H,3,6-9H2,1-2H3. The maximum atomic E-state index is 12.5. The highest BCUT2D eigenvalue weighted by Crippen LogP contribution is 2.19. The molecule has 0 N–H and O–H groups in total. The van der Waals surface area contributed by atoms with Crippen LogP contribution in [0.5, 0.6) is 0 Å². The molecule has 0 amide bonds. The van der Waals surface area contributed by atoms with Crippen LogP contribution in [0.2, 0.25) is 5.15 Å². The number of nitrogens with zero attached hydrogens (tertiary/aromatic N) is 3. The molecule has 1 aliphatic rings. The lowest BCUT2D eigenvalue weighted by Gasteiger charge is -2.37. The molecule has 1 aromatic heterocycles. The second-order valence-electron chi connectivity index (χ2n) is 5.01. The molecule has 2 rings (SSSR count). The van der Waals surface area contributed by atoms with Crippen LogP contribution in [0.15, 0.2) is 23.2 Å². The molecule has 0 aromatic carbocycles. The van der Waals surface area contributed by atoms with E-state index in [2.05, 4.69) is 23.7 Å². The third kappa shape index (κ3) is 3.31. The van der Waals surface area contributed by atoms with Gasteiger partial charge in [0, 0.05) is 38.4 Å². The van der Waals surface area contributed by atoms with Crippen molar-refractivity contribution in [3.05, 3.63) is 23.5 Å². The summed E-state index contributed by atoms with van der Waals surface area (Å²) < 4.78 is 26.5. The van der Waals surface area contributed by atoms with Crippen LogP contribution in [-0.4, -0.2) is 54.8 Å². The zero-order chi connectivity index (χ0) is 14.8. The minimum Gasteiger partial charge on any atom is -0.298 e. The lowest BCUT2D eigenvalue weighted by molar-refractivity contribution is 0.142. The fourth-order valence-corrected chi connectivity index (χ4v) is 3.79. The van der Waals surface area contributed by atoms with Crippen molar-refractivity contribution in [3.63, 3.8) is 0 Å². The van der Waals surface area contributed by atoms with Crippen molar-refractivity contribution < 1.29 is 8.42 Å². The highest BCUT2D eigenvalue weighted by molar-refractivity contribution is 7.89. The first-order chi connectivity index (χ1) is 9.45. The van der Waals surface area contributed by atoms with Crippen LogP contribution in [0, 0.1) is 0 Å². The van der Waals surface area contributed by atoms with Gasteiger partial charge >= 0.3 is 0 Å². The summed E-state index contributed by atoms with van der Waals surface area (Å²) >= 11 is 5.69. The molecule has 20 heavy (non-hydrogen) atoms. The van der Waals surface area contributed by atoms with Crippen LogP contribution < -0.4 is 0 Å². The van der Waals surface area contributed by atoms with Crippen LogP contribution in [0.4, 0.5) is 0 Å². The molecule has 1 aliphatic heterocycles. The van der Waals surface area contributed by atoms with Crippen molar-refractivity contribution in [1.29, 1.82) is 0 Å². The lowest BCUT2D eigenvalue weighted by Crippen LogP contribution is -2.51. The summed E-state index contributed by atoms with van der Waals surface area (Å²) in [6.45, 7) is 6.91. The molecule has 5 nitrogen and oxygen atoms in total. The van der Waals surface area contributed by atoms with E-state index in [0.717, 1.165) is 19.5 Å². The Bertz CT molecular complexity index is 539. The van der Waals surface area contributed by atoms with Crippen LogP contribution in [0.1, 0.15) is 20.3 Å². The largest absolute Gasteiger partial charge is 0.298 e. The van der Waals surface area contributed by atoms with Crippen molar-refractivity contribution in [1.82, 2.24) is 14.2 Å².